The van der Waals surface area contributed by atoms with Crippen molar-refractivity contribution in [1.82, 2.24) is 10.3 Å². The number of nitrogens with one attached hydrogen (secondary N) is 1. The fourth-order valence-electron chi connectivity index (χ4n) is 1.85. The Balaban J connectivity index is 1.55. The van der Waals surface area contributed by atoms with Crippen LogP contribution in [0.4, 0.5) is 4.39 Å². The highest BCUT2D eigenvalue weighted by Gasteiger charge is 2.12. The Hall–Kier alpha value is -2.67. The summed E-state index contributed by atoms with van der Waals surface area (Å²) in [5.74, 6) is 0.0958. The highest BCUT2D eigenvalue weighted by Crippen LogP contribution is 2.18. The molecule has 0 aliphatic carbocycles. The average molecular weight is 332 g/mol. The van der Waals surface area contributed by atoms with Gasteiger partial charge in [0.25, 0.3) is 5.91 Å². The van der Waals surface area contributed by atoms with Gasteiger partial charge in [0.15, 0.2) is 11.6 Å². The molecule has 3 rings (SSSR count). The Kier molecular flexibility index (Phi) is 4.68. The predicted molar refractivity (Wildman–Crippen MR) is 82.7 cm³/mol. The molecule has 2 heterocycles. The number of ether oxygens (including phenoxy) is 1. The molecular weight excluding hydrogens is 319 g/mol. The lowest BCUT2D eigenvalue weighted by Crippen LogP contribution is -2.22. The van der Waals surface area contributed by atoms with E-state index in [0.29, 0.717) is 23.0 Å². The van der Waals surface area contributed by atoms with Crippen molar-refractivity contribution in [2.24, 2.45) is 0 Å². The van der Waals surface area contributed by atoms with Gasteiger partial charge < -0.3 is 14.5 Å². The summed E-state index contributed by atoms with van der Waals surface area (Å²) in [7, 11) is 0. The number of amides is 1. The summed E-state index contributed by atoms with van der Waals surface area (Å²) in [6.07, 6.45) is 1.54. The van der Waals surface area contributed by atoms with Crippen molar-refractivity contribution < 1.29 is 18.3 Å². The number of thiazole rings is 1. The molecule has 3 aromatic rings. The van der Waals surface area contributed by atoms with Gasteiger partial charge in [-0.25, -0.2) is 9.37 Å². The Morgan fingerprint density at radius 2 is 2.17 bits per heavy atom. The second-order valence-corrected chi connectivity index (χ2v) is 5.55. The molecule has 0 bridgehead atoms. The SMILES string of the molecule is O=C(NCc1ccco1)c1csc(COc2ccccc2F)n1. The third-order valence-electron chi connectivity index (χ3n) is 2.98. The summed E-state index contributed by atoms with van der Waals surface area (Å²) in [5.41, 5.74) is 0.300. The Labute approximate surface area is 135 Å². The standard InChI is InChI=1S/C16H13FN2O3S/c17-12-5-1-2-6-14(12)22-9-15-19-13(10-23-15)16(20)18-8-11-4-3-7-21-11/h1-7,10H,8-9H2,(H,18,20). The number of halogens is 1. The molecule has 0 saturated heterocycles. The van der Waals surface area contributed by atoms with Crippen LogP contribution in [0.5, 0.6) is 5.75 Å². The maximum atomic E-state index is 13.4. The molecule has 0 aliphatic heterocycles. The van der Waals surface area contributed by atoms with E-state index in [4.69, 9.17) is 9.15 Å². The van der Waals surface area contributed by atoms with Crippen LogP contribution in [0.15, 0.2) is 52.5 Å². The number of hydrogen-bond donors (Lipinski definition) is 1. The summed E-state index contributed by atoms with van der Waals surface area (Å²) in [6.45, 7) is 0.404. The van der Waals surface area contributed by atoms with Crippen LogP contribution in [0.3, 0.4) is 0 Å². The van der Waals surface area contributed by atoms with Crippen molar-refractivity contribution in [3.05, 3.63) is 70.3 Å². The van der Waals surface area contributed by atoms with E-state index in [0.717, 1.165) is 0 Å². The van der Waals surface area contributed by atoms with Crippen LogP contribution in [-0.4, -0.2) is 10.9 Å². The van der Waals surface area contributed by atoms with Gasteiger partial charge in [-0.05, 0) is 24.3 Å². The van der Waals surface area contributed by atoms with Crippen LogP contribution < -0.4 is 10.1 Å². The van der Waals surface area contributed by atoms with Crippen LogP contribution in [0, 0.1) is 5.82 Å². The molecule has 0 spiro atoms. The number of furan rings is 1. The zero-order valence-electron chi connectivity index (χ0n) is 12.0. The van der Waals surface area contributed by atoms with E-state index in [1.165, 1.54) is 17.4 Å². The van der Waals surface area contributed by atoms with E-state index >= 15 is 0 Å². The van der Waals surface area contributed by atoms with E-state index < -0.39 is 5.82 Å². The zero-order chi connectivity index (χ0) is 16.1. The number of carbonyl (C=O) groups excluding carboxylic acids is 1. The van der Waals surface area contributed by atoms with Crippen molar-refractivity contribution in [3.63, 3.8) is 0 Å². The minimum absolute atomic E-state index is 0.108. The number of rotatable bonds is 6. The summed E-state index contributed by atoms with van der Waals surface area (Å²) in [4.78, 5) is 16.2. The number of benzene rings is 1. The number of hydrogen-bond acceptors (Lipinski definition) is 5. The largest absolute Gasteiger partial charge is 0.483 e. The molecule has 1 amide bonds. The summed E-state index contributed by atoms with van der Waals surface area (Å²) < 4.78 is 23.9. The van der Waals surface area contributed by atoms with Gasteiger partial charge >= 0.3 is 0 Å². The molecule has 0 unspecified atom stereocenters. The van der Waals surface area contributed by atoms with E-state index in [1.54, 1.807) is 42.0 Å². The van der Waals surface area contributed by atoms with Gasteiger partial charge in [-0.1, -0.05) is 12.1 Å². The maximum absolute atomic E-state index is 13.4. The molecule has 1 N–H and O–H groups in total. The lowest BCUT2D eigenvalue weighted by Gasteiger charge is -2.04. The fourth-order valence-corrected chi connectivity index (χ4v) is 2.54. The van der Waals surface area contributed by atoms with Crippen LogP contribution in [0.2, 0.25) is 0 Å². The average Bonchev–Trinajstić information content (AvgIpc) is 3.23. The summed E-state index contributed by atoms with van der Waals surface area (Å²) >= 11 is 1.28. The van der Waals surface area contributed by atoms with Crippen LogP contribution in [0.25, 0.3) is 0 Å². The molecule has 5 nitrogen and oxygen atoms in total. The predicted octanol–water partition coefficient (Wildman–Crippen LogP) is 3.38. The van der Waals surface area contributed by atoms with Crippen molar-refractivity contribution in [3.8, 4) is 5.75 Å². The van der Waals surface area contributed by atoms with Crippen LogP contribution in [0.1, 0.15) is 21.3 Å². The van der Waals surface area contributed by atoms with Crippen molar-refractivity contribution in [1.29, 1.82) is 0 Å². The number of para-hydroxylation sites is 1. The van der Waals surface area contributed by atoms with Gasteiger partial charge in [-0.2, -0.15) is 0 Å². The maximum Gasteiger partial charge on any atom is 0.271 e. The first-order valence-electron chi connectivity index (χ1n) is 6.84. The lowest BCUT2D eigenvalue weighted by atomic mass is 10.3. The van der Waals surface area contributed by atoms with Gasteiger partial charge in [0.05, 0.1) is 12.8 Å². The first-order valence-corrected chi connectivity index (χ1v) is 7.72. The molecule has 0 fully saturated rings. The van der Waals surface area contributed by atoms with E-state index in [2.05, 4.69) is 10.3 Å². The molecule has 0 saturated carbocycles. The summed E-state index contributed by atoms with van der Waals surface area (Å²) in [5, 5.41) is 4.94. The molecule has 2 aromatic heterocycles. The Morgan fingerprint density at radius 1 is 1.30 bits per heavy atom. The normalized spacial score (nSPS) is 10.5. The van der Waals surface area contributed by atoms with Crippen LogP contribution >= 0.6 is 11.3 Å². The number of carbonyl (C=O) groups is 1. The molecule has 0 atom stereocenters. The molecule has 0 radical (unpaired) electrons. The molecular formula is C16H13FN2O3S. The quantitative estimate of drug-likeness (QED) is 0.751. The summed E-state index contributed by atoms with van der Waals surface area (Å²) in [6, 6.07) is 9.67. The number of aromatic nitrogens is 1. The van der Waals surface area contributed by atoms with E-state index in [1.807, 2.05) is 0 Å². The fraction of sp³-hybridized carbons (Fsp3) is 0.125. The van der Waals surface area contributed by atoms with Gasteiger partial charge in [-0.15, -0.1) is 11.3 Å². The Morgan fingerprint density at radius 3 is 2.96 bits per heavy atom. The van der Waals surface area contributed by atoms with Crippen LogP contribution in [-0.2, 0) is 13.2 Å². The number of nitrogens with zero attached hydrogens (tertiary/aromatic N) is 1. The second kappa shape index (κ2) is 7.06. The monoisotopic (exact) mass is 332 g/mol. The molecule has 1 aromatic carbocycles. The van der Waals surface area contributed by atoms with Gasteiger partial charge in [0.2, 0.25) is 0 Å². The van der Waals surface area contributed by atoms with Crippen molar-refractivity contribution in [2.75, 3.05) is 0 Å². The highest BCUT2D eigenvalue weighted by atomic mass is 32.1. The van der Waals surface area contributed by atoms with Gasteiger partial charge in [0, 0.05) is 5.38 Å². The smallest absolute Gasteiger partial charge is 0.271 e. The third kappa shape index (κ3) is 3.95. The van der Waals surface area contributed by atoms with Crippen molar-refractivity contribution in [2.45, 2.75) is 13.2 Å². The first kappa shape index (κ1) is 15.2. The van der Waals surface area contributed by atoms with E-state index in [-0.39, 0.29) is 18.3 Å². The minimum atomic E-state index is -0.430. The molecule has 0 aliphatic rings. The molecule has 7 heteroatoms. The van der Waals surface area contributed by atoms with Crippen molar-refractivity contribution >= 4 is 17.2 Å². The first-order chi connectivity index (χ1) is 11.2. The lowest BCUT2D eigenvalue weighted by molar-refractivity contribution is 0.0943. The van der Waals surface area contributed by atoms with E-state index in [9.17, 15) is 9.18 Å². The van der Waals surface area contributed by atoms with Gasteiger partial charge in [-0.3, -0.25) is 4.79 Å². The Bertz CT molecular complexity index is 786. The molecule has 118 valence electrons. The topological polar surface area (TPSA) is 64.4 Å². The minimum Gasteiger partial charge on any atom is -0.483 e. The highest BCUT2D eigenvalue weighted by molar-refractivity contribution is 7.09. The third-order valence-corrected chi connectivity index (χ3v) is 3.80. The second-order valence-electron chi connectivity index (χ2n) is 4.61. The molecule has 23 heavy (non-hydrogen) atoms. The zero-order valence-corrected chi connectivity index (χ0v) is 12.8. The van der Waals surface area contributed by atoms with Gasteiger partial charge in [0.1, 0.15) is 23.1 Å².